The first-order valence-electron chi connectivity index (χ1n) is 6.17. The molecule has 0 bridgehead atoms. The van der Waals surface area contributed by atoms with E-state index in [9.17, 15) is 13.2 Å². The summed E-state index contributed by atoms with van der Waals surface area (Å²) in [6.45, 7) is 2.67. The Balaban J connectivity index is 2.29. The van der Waals surface area contributed by atoms with Crippen LogP contribution in [-0.4, -0.2) is 42.5 Å². The molecule has 2 heterocycles. The Kier molecular flexibility index (Phi) is 3.75. The van der Waals surface area contributed by atoms with E-state index in [0.717, 1.165) is 12.8 Å². The van der Waals surface area contributed by atoms with E-state index in [0.29, 0.717) is 13.1 Å². The lowest BCUT2D eigenvalue weighted by Crippen LogP contribution is -2.40. The molecule has 1 amide bonds. The lowest BCUT2D eigenvalue weighted by molar-refractivity contribution is -0.129. The molecule has 7 heteroatoms. The maximum Gasteiger partial charge on any atom is 0.241 e. The molecule has 1 aromatic heterocycles. The topological polar surface area (TPSA) is 93.4 Å². The van der Waals surface area contributed by atoms with Crippen molar-refractivity contribution in [1.82, 2.24) is 9.88 Å². The summed E-state index contributed by atoms with van der Waals surface area (Å²) >= 11 is 0. The van der Waals surface area contributed by atoms with Gasteiger partial charge in [-0.25, -0.2) is 8.42 Å². The van der Waals surface area contributed by atoms with Crippen molar-refractivity contribution in [3.05, 3.63) is 18.5 Å². The van der Waals surface area contributed by atoms with Crippen LogP contribution >= 0.6 is 0 Å². The van der Waals surface area contributed by atoms with E-state index in [-0.39, 0.29) is 16.5 Å². The van der Waals surface area contributed by atoms with Gasteiger partial charge in [-0.15, -0.1) is 0 Å². The van der Waals surface area contributed by atoms with Crippen LogP contribution in [0.1, 0.15) is 19.8 Å². The lowest BCUT2D eigenvalue weighted by atomic mass is 10.4. The number of nitrogens with two attached hydrogens (primary N) is 1. The van der Waals surface area contributed by atoms with E-state index >= 15 is 0 Å². The molecule has 1 aliphatic heterocycles. The fourth-order valence-corrected chi connectivity index (χ4v) is 3.60. The molecule has 104 valence electrons. The Morgan fingerprint density at radius 1 is 1.42 bits per heavy atom. The van der Waals surface area contributed by atoms with Crippen LogP contribution in [0.15, 0.2) is 23.4 Å². The molecule has 0 radical (unpaired) electrons. The molecule has 1 saturated heterocycles. The molecule has 2 N–H and O–H groups in total. The molecule has 6 nitrogen and oxygen atoms in total. The summed E-state index contributed by atoms with van der Waals surface area (Å²) in [6, 6.07) is 1.33. The van der Waals surface area contributed by atoms with Crippen molar-refractivity contribution in [2.75, 3.05) is 18.8 Å². The van der Waals surface area contributed by atoms with Crippen LogP contribution in [0, 0.1) is 0 Å². The molecule has 1 atom stereocenters. The van der Waals surface area contributed by atoms with Crippen LogP contribution in [0.25, 0.3) is 0 Å². The molecule has 1 fully saturated rings. The number of anilines is 1. The van der Waals surface area contributed by atoms with E-state index < -0.39 is 15.1 Å². The lowest BCUT2D eigenvalue weighted by Gasteiger charge is -2.20. The van der Waals surface area contributed by atoms with Crippen LogP contribution in [-0.2, 0) is 14.6 Å². The Morgan fingerprint density at radius 3 is 2.63 bits per heavy atom. The number of rotatable bonds is 3. The second-order valence-corrected chi connectivity index (χ2v) is 6.87. The van der Waals surface area contributed by atoms with Gasteiger partial charge in [0.1, 0.15) is 5.25 Å². The zero-order valence-corrected chi connectivity index (χ0v) is 11.6. The van der Waals surface area contributed by atoms with Gasteiger partial charge < -0.3 is 10.6 Å². The largest absolute Gasteiger partial charge is 0.396 e. The first-order valence-corrected chi connectivity index (χ1v) is 7.71. The highest BCUT2D eigenvalue weighted by Crippen LogP contribution is 2.23. The molecule has 0 aliphatic carbocycles. The molecule has 2 rings (SSSR count). The van der Waals surface area contributed by atoms with Gasteiger partial charge in [0, 0.05) is 19.3 Å². The van der Waals surface area contributed by atoms with Gasteiger partial charge in [-0.3, -0.25) is 9.78 Å². The van der Waals surface area contributed by atoms with E-state index in [2.05, 4.69) is 4.98 Å². The summed E-state index contributed by atoms with van der Waals surface area (Å²) < 4.78 is 24.8. The number of carbonyl (C=O) groups is 1. The highest BCUT2D eigenvalue weighted by Gasteiger charge is 2.34. The Hall–Kier alpha value is -1.63. The average Bonchev–Trinajstić information content (AvgIpc) is 2.91. The van der Waals surface area contributed by atoms with Crippen molar-refractivity contribution in [2.45, 2.75) is 29.9 Å². The van der Waals surface area contributed by atoms with Gasteiger partial charge >= 0.3 is 0 Å². The number of pyridine rings is 1. The van der Waals surface area contributed by atoms with Gasteiger partial charge in [0.15, 0.2) is 9.84 Å². The highest BCUT2D eigenvalue weighted by atomic mass is 32.2. The van der Waals surface area contributed by atoms with Crippen molar-refractivity contribution >= 4 is 21.4 Å². The summed E-state index contributed by atoms with van der Waals surface area (Å²) in [7, 11) is -3.76. The minimum absolute atomic E-state index is 0.0254. The van der Waals surface area contributed by atoms with Crippen molar-refractivity contribution in [1.29, 1.82) is 0 Å². The zero-order chi connectivity index (χ0) is 14.0. The number of hydrogen-bond acceptors (Lipinski definition) is 5. The van der Waals surface area contributed by atoms with Gasteiger partial charge in [0.25, 0.3) is 0 Å². The SMILES string of the molecule is CC(C(=O)N1CCCC1)S(=O)(=O)c1ccncc1N. The fourth-order valence-electron chi connectivity index (χ4n) is 2.17. The minimum atomic E-state index is -3.76. The minimum Gasteiger partial charge on any atom is -0.396 e. The van der Waals surface area contributed by atoms with Gasteiger partial charge in [-0.2, -0.15) is 0 Å². The first kappa shape index (κ1) is 13.8. The normalized spacial score (nSPS) is 17.4. The molecule has 0 spiro atoms. The van der Waals surface area contributed by atoms with Gasteiger partial charge in [0.05, 0.1) is 16.8 Å². The van der Waals surface area contributed by atoms with E-state index in [1.165, 1.54) is 25.4 Å². The van der Waals surface area contributed by atoms with E-state index in [4.69, 9.17) is 5.73 Å². The Bertz CT molecular complexity index is 580. The number of nitrogen functional groups attached to an aromatic ring is 1. The smallest absolute Gasteiger partial charge is 0.241 e. The predicted molar refractivity (Wildman–Crippen MR) is 71.1 cm³/mol. The quantitative estimate of drug-likeness (QED) is 0.869. The number of aromatic nitrogens is 1. The standard InChI is InChI=1S/C12H17N3O3S/c1-9(12(16)15-6-2-3-7-15)19(17,18)11-4-5-14-8-10(11)13/h4-5,8-9H,2-3,6-7,13H2,1H3. The molecule has 0 aromatic carbocycles. The maximum atomic E-state index is 12.4. The van der Waals surface area contributed by atoms with Crippen molar-refractivity contribution in [3.63, 3.8) is 0 Å². The van der Waals surface area contributed by atoms with Crippen molar-refractivity contribution in [2.24, 2.45) is 0 Å². The molecule has 19 heavy (non-hydrogen) atoms. The van der Waals surface area contributed by atoms with Crippen LogP contribution in [0.3, 0.4) is 0 Å². The van der Waals surface area contributed by atoms with Gasteiger partial charge in [-0.1, -0.05) is 0 Å². The summed E-state index contributed by atoms with van der Waals surface area (Å²) in [6.07, 6.45) is 4.49. The third-order valence-corrected chi connectivity index (χ3v) is 5.46. The summed E-state index contributed by atoms with van der Waals surface area (Å²) in [4.78, 5) is 17.5. The zero-order valence-electron chi connectivity index (χ0n) is 10.7. The molecule has 1 aromatic rings. The Morgan fingerprint density at radius 2 is 2.05 bits per heavy atom. The second-order valence-electron chi connectivity index (χ2n) is 4.63. The van der Waals surface area contributed by atoms with Crippen molar-refractivity contribution < 1.29 is 13.2 Å². The van der Waals surface area contributed by atoms with Gasteiger partial charge in [-0.05, 0) is 25.8 Å². The van der Waals surface area contributed by atoms with Crippen LogP contribution in [0.4, 0.5) is 5.69 Å². The number of amides is 1. The third kappa shape index (κ3) is 2.56. The Labute approximate surface area is 112 Å². The number of likely N-dealkylation sites (tertiary alicyclic amines) is 1. The number of sulfone groups is 1. The fraction of sp³-hybridized carbons (Fsp3) is 0.500. The molecule has 1 unspecified atom stereocenters. The van der Waals surface area contributed by atoms with Gasteiger partial charge in [0.2, 0.25) is 5.91 Å². The number of nitrogens with zero attached hydrogens (tertiary/aromatic N) is 2. The maximum absolute atomic E-state index is 12.4. The summed E-state index contributed by atoms with van der Waals surface area (Å²) in [5, 5.41) is -1.12. The molecule has 1 aliphatic rings. The first-order chi connectivity index (χ1) is 8.94. The van der Waals surface area contributed by atoms with Crippen molar-refractivity contribution in [3.8, 4) is 0 Å². The van der Waals surface area contributed by atoms with E-state index in [1.807, 2.05) is 0 Å². The number of hydrogen-bond donors (Lipinski definition) is 1. The van der Waals surface area contributed by atoms with Crippen LogP contribution in [0.5, 0.6) is 0 Å². The average molecular weight is 283 g/mol. The number of carbonyl (C=O) groups excluding carboxylic acids is 1. The monoisotopic (exact) mass is 283 g/mol. The molecular formula is C12H17N3O3S. The summed E-state index contributed by atoms with van der Waals surface area (Å²) in [5.41, 5.74) is 5.70. The third-order valence-electron chi connectivity index (χ3n) is 3.35. The van der Waals surface area contributed by atoms with Crippen LogP contribution < -0.4 is 5.73 Å². The van der Waals surface area contributed by atoms with E-state index in [1.54, 1.807) is 4.90 Å². The summed E-state index contributed by atoms with van der Waals surface area (Å²) in [5.74, 6) is -0.353. The second kappa shape index (κ2) is 5.16. The molecule has 0 saturated carbocycles. The molecular weight excluding hydrogens is 266 g/mol. The predicted octanol–water partition coefficient (Wildman–Crippen LogP) is 0.448. The van der Waals surface area contributed by atoms with Crippen LogP contribution in [0.2, 0.25) is 0 Å². The highest BCUT2D eigenvalue weighted by molar-refractivity contribution is 7.93.